The number of anilines is 1. The zero-order valence-electron chi connectivity index (χ0n) is 13.1. The van der Waals surface area contributed by atoms with Gasteiger partial charge < -0.3 is 5.32 Å². The molecule has 0 saturated heterocycles. The second kappa shape index (κ2) is 6.45. The largest absolute Gasteiger partial charge is 0.305 e. The highest BCUT2D eigenvalue weighted by atomic mass is 35.5. The monoisotopic (exact) mass is 347 g/mol. The van der Waals surface area contributed by atoms with Gasteiger partial charge in [0.2, 0.25) is 0 Å². The molecule has 0 aliphatic heterocycles. The minimum Gasteiger partial charge on any atom is -0.305 e. The Hall–Kier alpha value is -2.67. The molecular formula is C16H15ClFN5O. The quantitative estimate of drug-likeness (QED) is 0.789. The maximum Gasteiger partial charge on any atom is 0.260 e. The summed E-state index contributed by atoms with van der Waals surface area (Å²) in [5, 5.41) is 11.3. The van der Waals surface area contributed by atoms with Crippen LogP contribution in [0, 0.1) is 12.7 Å². The molecule has 1 aromatic carbocycles. The van der Waals surface area contributed by atoms with E-state index in [-0.39, 0.29) is 12.5 Å². The highest BCUT2D eigenvalue weighted by molar-refractivity contribution is 6.31. The number of carbonyl (C=O) groups excluding carboxylic acids is 1. The average Bonchev–Trinajstić information content (AvgIpc) is 3.11. The number of rotatable bonds is 4. The normalized spacial score (nSPS) is 10.8. The lowest BCUT2D eigenvalue weighted by Gasteiger charge is -2.06. The Kier molecular flexibility index (Phi) is 4.35. The number of nitrogens with zero attached hydrogens (tertiary/aromatic N) is 4. The zero-order valence-corrected chi connectivity index (χ0v) is 13.9. The molecule has 2 aromatic heterocycles. The van der Waals surface area contributed by atoms with Gasteiger partial charge in [-0.15, -0.1) is 0 Å². The number of carbonyl (C=O) groups is 1. The van der Waals surface area contributed by atoms with E-state index in [0.717, 1.165) is 5.69 Å². The van der Waals surface area contributed by atoms with E-state index in [1.807, 2.05) is 0 Å². The first-order chi connectivity index (χ1) is 11.5. The maximum atomic E-state index is 13.8. The molecule has 0 atom stereocenters. The molecule has 24 heavy (non-hydrogen) atoms. The summed E-state index contributed by atoms with van der Waals surface area (Å²) in [5.74, 6) is -0.319. The predicted octanol–water partition coefficient (Wildman–Crippen LogP) is 3.02. The standard InChI is InChI=1S/C16H15ClFN5O/c1-10-11(8-19-22(10)2)16(24)20-15-6-7-23(21-15)9-12-13(17)4-3-5-14(12)18/h3-8H,9H2,1-2H3,(H,20,21,24). The summed E-state index contributed by atoms with van der Waals surface area (Å²) in [5.41, 5.74) is 1.58. The van der Waals surface area contributed by atoms with Crippen LogP contribution in [-0.4, -0.2) is 25.5 Å². The molecule has 0 unspecified atom stereocenters. The van der Waals surface area contributed by atoms with Crippen molar-refractivity contribution >= 4 is 23.3 Å². The number of aromatic nitrogens is 4. The zero-order chi connectivity index (χ0) is 17.3. The minimum atomic E-state index is -0.394. The third-order valence-electron chi connectivity index (χ3n) is 3.74. The highest BCUT2D eigenvalue weighted by Gasteiger charge is 2.14. The second-order valence-electron chi connectivity index (χ2n) is 5.32. The molecule has 0 aliphatic carbocycles. The van der Waals surface area contributed by atoms with Gasteiger partial charge in [0.05, 0.1) is 18.3 Å². The molecule has 3 aromatic rings. The molecule has 0 aliphatic rings. The lowest BCUT2D eigenvalue weighted by molar-refractivity contribution is 0.102. The molecule has 0 bridgehead atoms. The van der Waals surface area contributed by atoms with Crippen LogP contribution in [0.2, 0.25) is 5.02 Å². The van der Waals surface area contributed by atoms with E-state index in [4.69, 9.17) is 11.6 Å². The smallest absolute Gasteiger partial charge is 0.260 e. The van der Waals surface area contributed by atoms with E-state index >= 15 is 0 Å². The molecule has 1 N–H and O–H groups in total. The fourth-order valence-corrected chi connectivity index (χ4v) is 2.49. The summed E-state index contributed by atoms with van der Waals surface area (Å²) in [7, 11) is 1.76. The van der Waals surface area contributed by atoms with Crippen LogP contribution >= 0.6 is 11.6 Å². The van der Waals surface area contributed by atoms with Crippen LogP contribution in [0.1, 0.15) is 21.6 Å². The number of nitrogens with one attached hydrogen (secondary N) is 1. The van der Waals surface area contributed by atoms with E-state index in [1.165, 1.54) is 16.9 Å². The molecule has 6 nitrogen and oxygen atoms in total. The first-order valence-corrected chi connectivity index (χ1v) is 7.60. The van der Waals surface area contributed by atoms with Crippen molar-refractivity contribution in [2.75, 3.05) is 5.32 Å². The summed E-state index contributed by atoms with van der Waals surface area (Å²) in [4.78, 5) is 12.2. The Morgan fingerprint density at radius 2 is 2.17 bits per heavy atom. The van der Waals surface area contributed by atoms with Crippen molar-refractivity contribution in [1.82, 2.24) is 19.6 Å². The van der Waals surface area contributed by atoms with Gasteiger partial charge >= 0.3 is 0 Å². The van der Waals surface area contributed by atoms with Crippen molar-refractivity contribution in [2.45, 2.75) is 13.5 Å². The van der Waals surface area contributed by atoms with Crippen LogP contribution in [0.15, 0.2) is 36.7 Å². The summed E-state index contributed by atoms with van der Waals surface area (Å²) in [6, 6.07) is 6.15. The van der Waals surface area contributed by atoms with E-state index in [1.54, 1.807) is 43.0 Å². The fourth-order valence-electron chi connectivity index (χ4n) is 2.27. The van der Waals surface area contributed by atoms with Crippen LogP contribution in [0.4, 0.5) is 10.2 Å². The van der Waals surface area contributed by atoms with Crippen molar-refractivity contribution in [3.8, 4) is 0 Å². The minimum absolute atomic E-state index is 0.174. The average molecular weight is 348 g/mol. The molecular weight excluding hydrogens is 333 g/mol. The number of aryl methyl sites for hydroxylation is 1. The SMILES string of the molecule is Cc1c(C(=O)Nc2ccn(Cc3c(F)cccc3Cl)n2)cnn1C. The Morgan fingerprint density at radius 3 is 2.83 bits per heavy atom. The third kappa shape index (κ3) is 3.16. The van der Waals surface area contributed by atoms with E-state index in [9.17, 15) is 9.18 Å². The van der Waals surface area contributed by atoms with Gasteiger partial charge in [-0.2, -0.15) is 10.2 Å². The molecule has 0 radical (unpaired) electrons. The van der Waals surface area contributed by atoms with Crippen LogP contribution in [0.5, 0.6) is 0 Å². The summed E-state index contributed by atoms with van der Waals surface area (Å²) < 4.78 is 16.9. The highest BCUT2D eigenvalue weighted by Crippen LogP contribution is 2.20. The lowest BCUT2D eigenvalue weighted by Crippen LogP contribution is -2.14. The van der Waals surface area contributed by atoms with Gasteiger partial charge in [0, 0.05) is 35.6 Å². The molecule has 3 rings (SSSR count). The van der Waals surface area contributed by atoms with Gasteiger partial charge in [-0.1, -0.05) is 17.7 Å². The number of hydrogen-bond acceptors (Lipinski definition) is 3. The van der Waals surface area contributed by atoms with Crippen molar-refractivity contribution in [3.63, 3.8) is 0 Å². The maximum absolute atomic E-state index is 13.8. The van der Waals surface area contributed by atoms with E-state index in [0.29, 0.717) is 22.0 Å². The molecule has 0 fully saturated rings. The van der Waals surface area contributed by atoms with Crippen LogP contribution in [0.3, 0.4) is 0 Å². The van der Waals surface area contributed by atoms with Gasteiger partial charge in [0.25, 0.3) is 5.91 Å². The summed E-state index contributed by atoms with van der Waals surface area (Å²) in [6.07, 6.45) is 3.15. The van der Waals surface area contributed by atoms with Crippen molar-refractivity contribution < 1.29 is 9.18 Å². The second-order valence-corrected chi connectivity index (χ2v) is 5.73. The van der Waals surface area contributed by atoms with Crippen molar-refractivity contribution in [3.05, 3.63) is 64.3 Å². The first-order valence-electron chi connectivity index (χ1n) is 7.22. The van der Waals surface area contributed by atoms with Gasteiger partial charge in [-0.05, 0) is 19.1 Å². The Morgan fingerprint density at radius 1 is 1.38 bits per heavy atom. The lowest BCUT2D eigenvalue weighted by atomic mass is 10.2. The number of amides is 1. The Bertz CT molecular complexity index is 882. The molecule has 2 heterocycles. The van der Waals surface area contributed by atoms with Crippen LogP contribution < -0.4 is 5.32 Å². The van der Waals surface area contributed by atoms with Crippen molar-refractivity contribution in [2.24, 2.45) is 7.05 Å². The topological polar surface area (TPSA) is 64.7 Å². The van der Waals surface area contributed by atoms with E-state index in [2.05, 4.69) is 15.5 Å². The number of benzene rings is 1. The molecule has 124 valence electrons. The van der Waals surface area contributed by atoms with Gasteiger partial charge in [0.15, 0.2) is 5.82 Å². The molecule has 8 heteroatoms. The first kappa shape index (κ1) is 16.2. The summed E-state index contributed by atoms with van der Waals surface area (Å²) >= 11 is 6.01. The predicted molar refractivity (Wildman–Crippen MR) is 88.6 cm³/mol. The van der Waals surface area contributed by atoms with Gasteiger partial charge in [-0.25, -0.2) is 4.39 Å². The third-order valence-corrected chi connectivity index (χ3v) is 4.10. The number of halogens is 2. The molecule has 1 amide bonds. The van der Waals surface area contributed by atoms with Gasteiger partial charge in [0.1, 0.15) is 5.82 Å². The fraction of sp³-hybridized carbons (Fsp3) is 0.188. The number of hydrogen-bond donors (Lipinski definition) is 1. The van der Waals surface area contributed by atoms with Crippen molar-refractivity contribution in [1.29, 1.82) is 0 Å². The summed E-state index contributed by atoms with van der Waals surface area (Å²) in [6.45, 7) is 1.98. The molecule has 0 spiro atoms. The van der Waals surface area contributed by atoms with Crippen LogP contribution in [-0.2, 0) is 13.6 Å². The Balaban J connectivity index is 1.74. The Labute approximate surface area is 142 Å². The van der Waals surface area contributed by atoms with E-state index < -0.39 is 5.82 Å². The molecule has 0 saturated carbocycles. The van der Waals surface area contributed by atoms with Gasteiger partial charge in [-0.3, -0.25) is 14.2 Å². The van der Waals surface area contributed by atoms with Crippen LogP contribution in [0.25, 0.3) is 0 Å².